The summed E-state index contributed by atoms with van der Waals surface area (Å²) < 4.78 is 10.6. The fourth-order valence-corrected chi connectivity index (χ4v) is 1.09. The Bertz CT molecular complexity index is 128. The molecule has 3 heteroatoms. The molecule has 0 aromatic heterocycles. The summed E-state index contributed by atoms with van der Waals surface area (Å²) in [6.07, 6.45) is -0.593. The molecule has 1 heterocycles. The highest BCUT2D eigenvalue weighted by molar-refractivity contribution is 4.77. The molecular formula is C8H16O3. The van der Waals surface area contributed by atoms with Gasteiger partial charge in [-0.1, -0.05) is 0 Å². The third-order valence-corrected chi connectivity index (χ3v) is 1.50. The normalized spacial score (nSPS) is 32.7. The zero-order valence-electron chi connectivity index (χ0n) is 7.33. The van der Waals surface area contributed by atoms with Crippen LogP contribution in [0.1, 0.15) is 20.8 Å². The van der Waals surface area contributed by atoms with Crippen LogP contribution >= 0.6 is 0 Å². The van der Waals surface area contributed by atoms with Gasteiger partial charge in [-0.2, -0.15) is 0 Å². The Balaban J connectivity index is 2.37. The quantitative estimate of drug-likeness (QED) is 0.609. The van der Waals surface area contributed by atoms with Crippen molar-refractivity contribution >= 4 is 0 Å². The van der Waals surface area contributed by atoms with Crippen LogP contribution in [0.4, 0.5) is 0 Å². The minimum Gasteiger partial charge on any atom is -0.388 e. The van der Waals surface area contributed by atoms with E-state index >= 15 is 0 Å². The van der Waals surface area contributed by atoms with E-state index in [2.05, 4.69) is 0 Å². The summed E-state index contributed by atoms with van der Waals surface area (Å²) in [5, 5.41) is 9.30. The van der Waals surface area contributed by atoms with Gasteiger partial charge < -0.3 is 14.6 Å². The minimum atomic E-state index is -0.450. The smallest absolute Gasteiger partial charge is 0.110 e. The molecule has 66 valence electrons. The lowest BCUT2D eigenvalue weighted by atomic mass is 10.1. The van der Waals surface area contributed by atoms with Gasteiger partial charge in [-0.15, -0.1) is 0 Å². The van der Waals surface area contributed by atoms with E-state index in [1.807, 2.05) is 20.8 Å². The second kappa shape index (κ2) is 3.09. The van der Waals surface area contributed by atoms with Crippen LogP contribution in [0.2, 0.25) is 0 Å². The van der Waals surface area contributed by atoms with Crippen molar-refractivity contribution in [2.75, 3.05) is 13.2 Å². The molecule has 11 heavy (non-hydrogen) atoms. The summed E-state index contributed by atoms with van der Waals surface area (Å²) in [6.45, 7) is 6.83. The summed E-state index contributed by atoms with van der Waals surface area (Å²) in [4.78, 5) is 0. The van der Waals surface area contributed by atoms with Crippen LogP contribution in [0.25, 0.3) is 0 Å². The fourth-order valence-electron chi connectivity index (χ4n) is 1.09. The SMILES string of the molecule is CC(C)(C)O[C@@H]1COC[C@H]1O. The van der Waals surface area contributed by atoms with Gasteiger partial charge in [0, 0.05) is 0 Å². The van der Waals surface area contributed by atoms with Crippen molar-refractivity contribution in [2.45, 2.75) is 38.6 Å². The number of hydrogen-bond acceptors (Lipinski definition) is 3. The summed E-state index contributed by atoms with van der Waals surface area (Å²) in [7, 11) is 0. The van der Waals surface area contributed by atoms with Gasteiger partial charge in [-0.25, -0.2) is 0 Å². The first-order valence-corrected chi connectivity index (χ1v) is 3.93. The maximum absolute atomic E-state index is 9.30. The van der Waals surface area contributed by atoms with E-state index < -0.39 is 6.10 Å². The van der Waals surface area contributed by atoms with E-state index in [9.17, 15) is 5.11 Å². The van der Waals surface area contributed by atoms with Crippen LogP contribution < -0.4 is 0 Å². The maximum atomic E-state index is 9.30. The van der Waals surface area contributed by atoms with Gasteiger partial charge in [-0.3, -0.25) is 0 Å². The van der Waals surface area contributed by atoms with Crippen molar-refractivity contribution in [1.29, 1.82) is 0 Å². The van der Waals surface area contributed by atoms with Gasteiger partial charge in [0.2, 0.25) is 0 Å². The first kappa shape index (κ1) is 8.97. The lowest BCUT2D eigenvalue weighted by Crippen LogP contribution is -2.34. The molecule has 0 aromatic carbocycles. The average molecular weight is 160 g/mol. The average Bonchev–Trinajstić information content (AvgIpc) is 2.12. The first-order valence-electron chi connectivity index (χ1n) is 3.93. The molecule has 0 radical (unpaired) electrons. The Labute approximate surface area is 67.3 Å². The number of hydrogen-bond donors (Lipinski definition) is 1. The molecule has 0 unspecified atom stereocenters. The largest absolute Gasteiger partial charge is 0.388 e. The maximum Gasteiger partial charge on any atom is 0.110 e. The topological polar surface area (TPSA) is 38.7 Å². The molecule has 0 spiro atoms. The number of ether oxygens (including phenoxy) is 2. The van der Waals surface area contributed by atoms with Crippen molar-refractivity contribution in [3.05, 3.63) is 0 Å². The van der Waals surface area contributed by atoms with Gasteiger partial charge in [0.05, 0.1) is 18.8 Å². The predicted molar refractivity (Wildman–Crippen MR) is 41.5 cm³/mol. The van der Waals surface area contributed by atoms with Crippen molar-refractivity contribution in [2.24, 2.45) is 0 Å². The molecule has 0 aromatic rings. The molecule has 1 aliphatic rings. The molecule has 1 saturated heterocycles. The Hall–Kier alpha value is -0.120. The third-order valence-electron chi connectivity index (χ3n) is 1.50. The molecule has 2 atom stereocenters. The van der Waals surface area contributed by atoms with Crippen molar-refractivity contribution in [1.82, 2.24) is 0 Å². The van der Waals surface area contributed by atoms with Gasteiger partial charge in [0.25, 0.3) is 0 Å². The fraction of sp³-hybridized carbons (Fsp3) is 1.00. The van der Waals surface area contributed by atoms with E-state index in [-0.39, 0.29) is 11.7 Å². The second-order valence-corrected chi connectivity index (χ2v) is 3.87. The highest BCUT2D eigenvalue weighted by Crippen LogP contribution is 2.17. The van der Waals surface area contributed by atoms with E-state index in [1.54, 1.807) is 0 Å². The lowest BCUT2D eigenvalue weighted by molar-refractivity contribution is -0.0925. The Morgan fingerprint density at radius 1 is 1.36 bits per heavy atom. The molecule has 1 rings (SSSR count). The monoisotopic (exact) mass is 160 g/mol. The van der Waals surface area contributed by atoms with E-state index in [0.29, 0.717) is 13.2 Å². The zero-order chi connectivity index (χ0) is 8.48. The molecule has 3 nitrogen and oxygen atoms in total. The summed E-state index contributed by atoms with van der Waals surface area (Å²) in [6, 6.07) is 0. The molecule has 0 bridgehead atoms. The standard InChI is InChI=1S/C8H16O3/c1-8(2,3)11-7-5-10-4-6(7)9/h6-7,9H,4-5H2,1-3H3/t6-,7-/m1/s1. The number of rotatable bonds is 1. The van der Waals surface area contributed by atoms with E-state index in [0.717, 1.165) is 0 Å². The van der Waals surface area contributed by atoms with Gasteiger partial charge in [-0.05, 0) is 20.8 Å². The molecule has 0 amide bonds. The number of aliphatic hydroxyl groups is 1. The Morgan fingerprint density at radius 2 is 2.00 bits per heavy atom. The van der Waals surface area contributed by atoms with Crippen molar-refractivity contribution in [3.8, 4) is 0 Å². The molecule has 1 aliphatic heterocycles. The van der Waals surface area contributed by atoms with Crippen LogP contribution in [0.5, 0.6) is 0 Å². The highest BCUT2D eigenvalue weighted by Gasteiger charge is 2.30. The lowest BCUT2D eigenvalue weighted by Gasteiger charge is -2.25. The molecule has 1 N–H and O–H groups in total. The molecule has 0 aliphatic carbocycles. The molecule has 0 saturated carbocycles. The van der Waals surface area contributed by atoms with Crippen LogP contribution in [0, 0.1) is 0 Å². The summed E-state index contributed by atoms with van der Waals surface area (Å²) >= 11 is 0. The van der Waals surface area contributed by atoms with E-state index in [4.69, 9.17) is 9.47 Å². The van der Waals surface area contributed by atoms with Gasteiger partial charge in [0.1, 0.15) is 12.2 Å². The van der Waals surface area contributed by atoms with Crippen LogP contribution in [0.15, 0.2) is 0 Å². The van der Waals surface area contributed by atoms with Crippen LogP contribution in [-0.4, -0.2) is 36.1 Å². The summed E-state index contributed by atoms with van der Waals surface area (Å²) in [5.41, 5.74) is -0.195. The highest BCUT2D eigenvalue weighted by atomic mass is 16.6. The molecular weight excluding hydrogens is 144 g/mol. The zero-order valence-corrected chi connectivity index (χ0v) is 7.33. The third kappa shape index (κ3) is 2.77. The van der Waals surface area contributed by atoms with Gasteiger partial charge in [0.15, 0.2) is 0 Å². The predicted octanol–water partition coefficient (Wildman–Crippen LogP) is 0.561. The second-order valence-electron chi connectivity index (χ2n) is 3.87. The minimum absolute atomic E-state index is 0.144. The van der Waals surface area contributed by atoms with Crippen molar-refractivity contribution in [3.63, 3.8) is 0 Å². The number of aliphatic hydroxyl groups excluding tert-OH is 1. The van der Waals surface area contributed by atoms with Crippen LogP contribution in [0.3, 0.4) is 0 Å². The Morgan fingerprint density at radius 3 is 2.36 bits per heavy atom. The Kier molecular flexibility index (Phi) is 2.52. The first-order chi connectivity index (χ1) is 4.99. The van der Waals surface area contributed by atoms with E-state index in [1.165, 1.54) is 0 Å². The molecule has 1 fully saturated rings. The van der Waals surface area contributed by atoms with Crippen molar-refractivity contribution < 1.29 is 14.6 Å². The van der Waals surface area contributed by atoms with Gasteiger partial charge >= 0.3 is 0 Å². The van der Waals surface area contributed by atoms with Crippen LogP contribution in [-0.2, 0) is 9.47 Å². The summed E-state index contributed by atoms with van der Waals surface area (Å²) in [5.74, 6) is 0.